The first kappa shape index (κ1) is 24.4. The lowest BCUT2D eigenvalue weighted by Crippen LogP contribution is -2.47. The van der Waals surface area contributed by atoms with Crippen molar-refractivity contribution in [1.82, 2.24) is 15.1 Å². The Labute approximate surface area is 212 Å². The highest BCUT2D eigenvalue weighted by molar-refractivity contribution is 5.79. The molecule has 1 saturated heterocycles. The maximum Gasteiger partial charge on any atom is 0.236 e. The molecular formula is C29H35N3O4. The number of nitrogens with one attached hydrogen (secondary N) is 1. The van der Waals surface area contributed by atoms with Crippen LogP contribution >= 0.6 is 0 Å². The Morgan fingerprint density at radius 1 is 1.06 bits per heavy atom. The number of fused-ring (bicyclic) bond motifs is 3. The van der Waals surface area contributed by atoms with Crippen LogP contribution in [0.2, 0.25) is 0 Å². The molecule has 1 aliphatic carbocycles. The quantitative estimate of drug-likeness (QED) is 0.629. The molecule has 2 atom stereocenters. The van der Waals surface area contributed by atoms with Gasteiger partial charge in [-0.05, 0) is 43.2 Å². The average molecular weight is 490 g/mol. The summed E-state index contributed by atoms with van der Waals surface area (Å²) in [6.45, 7) is 2.91. The summed E-state index contributed by atoms with van der Waals surface area (Å²) in [6, 6.07) is 15.5. The second kappa shape index (κ2) is 11.2. The van der Waals surface area contributed by atoms with E-state index in [1.54, 1.807) is 12.1 Å². The summed E-state index contributed by atoms with van der Waals surface area (Å²) in [6.07, 6.45) is 7.62. The highest BCUT2D eigenvalue weighted by Gasteiger charge is 2.33. The highest BCUT2D eigenvalue weighted by atomic mass is 16.5. The molecule has 1 saturated carbocycles. The molecule has 2 amide bonds. The number of carbonyl (C=O) groups is 2. The van der Waals surface area contributed by atoms with Crippen molar-refractivity contribution in [3.8, 4) is 11.5 Å². The number of para-hydroxylation sites is 2. The van der Waals surface area contributed by atoms with Crippen LogP contribution in [0.5, 0.6) is 11.5 Å². The number of hydrogen-bond donors (Lipinski definition) is 2. The van der Waals surface area contributed by atoms with Gasteiger partial charge in [0.15, 0.2) is 0 Å². The minimum atomic E-state index is 0.0716. The van der Waals surface area contributed by atoms with Crippen molar-refractivity contribution in [2.24, 2.45) is 11.8 Å². The zero-order valence-corrected chi connectivity index (χ0v) is 20.6. The zero-order valence-electron chi connectivity index (χ0n) is 20.6. The molecule has 190 valence electrons. The third-order valence-electron chi connectivity index (χ3n) is 7.38. The lowest BCUT2D eigenvalue weighted by atomic mass is 9.82. The number of aromatic hydroxyl groups is 1. The number of rotatable bonds is 5. The Balaban J connectivity index is 1.36. The summed E-state index contributed by atoms with van der Waals surface area (Å²) in [5, 5.41) is 13.5. The van der Waals surface area contributed by atoms with E-state index in [0.717, 1.165) is 36.1 Å². The number of carbonyl (C=O) groups excluding carboxylic acids is 2. The van der Waals surface area contributed by atoms with Crippen LogP contribution in [0.3, 0.4) is 0 Å². The van der Waals surface area contributed by atoms with E-state index in [1.165, 1.54) is 0 Å². The minimum absolute atomic E-state index is 0.0716. The SMILES string of the molecule is O=C(C[C@@H]1CCN2C[C@@H]1/C=C\COc1ccccc1CN(Cc1ccccc1O)CC2=O)NC1CC1. The van der Waals surface area contributed by atoms with Gasteiger partial charge in [0.25, 0.3) is 0 Å². The number of piperidine rings is 1. The second-order valence-electron chi connectivity index (χ2n) is 10.2. The normalized spacial score (nSPS) is 23.9. The molecule has 2 aromatic rings. The predicted octanol–water partition coefficient (Wildman–Crippen LogP) is 3.48. The average Bonchev–Trinajstić information content (AvgIpc) is 3.68. The maximum atomic E-state index is 13.5. The van der Waals surface area contributed by atoms with Gasteiger partial charge in [-0.1, -0.05) is 48.6 Å². The van der Waals surface area contributed by atoms with Crippen LogP contribution in [0.1, 0.15) is 36.8 Å². The zero-order chi connectivity index (χ0) is 24.9. The number of nitrogens with zero attached hydrogens (tertiary/aromatic N) is 2. The van der Waals surface area contributed by atoms with Crippen molar-refractivity contribution in [3.05, 3.63) is 71.8 Å². The van der Waals surface area contributed by atoms with E-state index in [2.05, 4.69) is 16.3 Å². The molecule has 2 N–H and O–H groups in total. The largest absolute Gasteiger partial charge is 0.508 e. The molecule has 2 heterocycles. The lowest BCUT2D eigenvalue weighted by Gasteiger charge is -2.38. The predicted molar refractivity (Wildman–Crippen MR) is 137 cm³/mol. The molecule has 7 heteroatoms. The molecule has 36 heavy (non-hydrogen) atoms. The number of hydrogen-bond acceptors (Lipinski definition) is 5. The Morgan fingerprint density at radius 2 is 1.86 bits per heavy atom. The smallest absolute Gasteiger partial charge is 0.236 e. The molecule has 2 aliphatic heterocycles. The number of phenolic OH excluding ortho intramolecular Hbond substituents is 1. The van der Waals surface area contributed by atoms with Crippen molar-refractivity contribution >= 4 is 11.8 Å². The fourth-order valence-corrected chi connectivity index (χ4v) is 5.21. The molecule has 5 rings (SSSR count). The van der Waals surface area contributed by atoms with Crippen molar-refractivity contribution in [2.45, 2.75) is 44.8 Å². The van der Waals surface area contributed by atoms with E-state index in [1.807, 2.05) is 47.4 Å². The molecule has 0 aromatic heterocycles. The van der Waals surface area contributed by atoms with Gasteiger partial charge in [-0.2, -0.15) is 0 Å². The van der Waals surface area contributed by atoms with Crippen LogP contribution in [-0.2, 0) is 22.7 Å². The molecule has 2 aromatic carbocycles. The topological polar surface area (TPSA) is 82.1 Å². The van der Waals surface area contributed by atoms with E-state index in [4.69, 9.17) is 4.74 Å². The summed E-state index contributed by atoms with van der Waals surface area (Å²) >= 11 is 0. The molecule has 3 aliphatic rings. The molecule has 2 fully saturated rings. The maximum absolute atomic E-state index is 13.5. The number of amides is 2. The Morgan fingerprint density at radius 3 is 2.69 bits per heavy atom. The van der Waals surface area contributed by atoms with Crippen LogP contribution < -0.4 is 10.1 Å². The van der Waals surface area contributed by atoms with Crippen LogP contribution in [0, 0.1) is 11.8 Å². The summed E-state index contributed by atoms with van der Waals surface area (Å²) < 4.78 is 6.12. The third kappa shape index (κ3) is 6.26. The van der Waals surface area contributed by atoms with Gasteiger partial charge in [0.1, 0.15) is 18.1 Å². The van der Waals surface area contributed by atoms with Gasteiger partial charge in [-0.15, -0.1) is 0 Å². The molecule has 7 nitrogen and oxygen atoms in total. The fraction of sp³-hybridized carbons (Fsp3) is 0.448. The number of phenols is 1. The molecule has 2 bridgehead atoms. The highest BCUT2D eigenvalue weighted by Crippen LogP contribution is 2.30. The van der Waals surface area contributed by atoms with Crippen molar-refractivity contribution < 1.29 is 19.4 Å². The van der Waals surface area contributed by atoms with Gasteiger partial charge in [0.05, 0.1) is 6.54 Å². The van der Waals surface area contributed by atoms with E-state index in [0.29, 0.717) is 45.2 Å². The standard InChI is InChI=1S/C29H35N3O4/c33-26-9-3-1-6-23(26)17-31-18-24-7-2-4-10-27(24)36-15-5-8-22-19-32(29(35)20-31)14-13-21(22)16-28(34)30-25-11-12-25/h1-10,21-22,25,33H,11-20H2,(H,30,34)/b8-5-/t21-,22-/m0/s1. The van der Waals surface area contributed by atoms with Crippen LogP contribution in [-0.4, -0.2) is 59.0 Å². The van der Waals surface area contributed by atoms with Gasteiger partial charge >= 0.3 is 0 Å². The summed E-state index contributed by atoms with van der Waals surface area (Å²) in [5.74, 6) is 1.53. The fourth-order valence-electron chi connectivity index (χ4n) is 5.21. The van der Waals surface area contributed by atoms with Crippen molar-refractivity contribution in [1.29, 1.82) is 0 Å². The third-order valence-corrected chi connectivity index (χ3v) is 7.38. The molecule has 0 radical (unpaired) electrons. The molecular weight excluding hydrogens is 454 g/mol. The number of benzene rings is 2. The minimum Gasteiger partial charge on any atom is -0.508 e. The van der Waals surface area contributed by atoms with Gasteiger partial charge in [0.2, 0.25) is 11.8 Å². The summed E-state index contributed by atoms with van der Waals surface area (Å²) in [7, 11) is 0. The van der Waals surface area contributed by atoms with E-state index < -0.39 is 0 Å². The van der Waals surface area contributed by atoms with Crippen LogP contribution in [0.25, 0.3) is 0 Å². The first-order valence-corrected chi connectivity index (χ1v) is 13.0. The van der Waals surface area contributed by atoms with Gasteiger partial charge in [-0.25, -0.2) is 0 Å². The van der Waals surface area contributed by atoms with Gasteiger partial charge < -0.3 is 20.1 Å². The monoisotopic (exact) mass is 489 g/mol. The Kier molecular flexibility index (Phi) is 7.56. The Hall–Kier alpha value is -3.32. The van der Waals surface area contributed by atoms with Crippen molar-refractivity contribution in [3.63, 3.8) is 0 Å². The summed E-state index contributed by atoms with van der Waals surface area (Å²) in [5.41, 5.74) is 1.79. The number of ether oxygens (including phenoxy) is 1. The second-order valence-corrected chi connectivity index (χ2v) is 10.2. The van der Waals surface area contributed by atoms with Gasteiger partial charge in [0, 0.05) is 49.8 Å². The summed E-state index contributed by atoms with van der Waals surface area (Å²) in [4.78, 5) is 30.0. The van der Waals surface area contributed by atoms with Crippen LogP contribution in [0.4, 0.5) is 0 Å². The first-order valence-electron chi connectivity index (χ1n) is 13.0. The molecule has 0 spiro atoms. The van der Waals surface area contributed by atoms with Crippen molar-refractivity contribution in [2.75, 3.05) is 26.2 Å². The van der Waals surface area contributed by atoms with E-state index in [9.17, 15) is 14.7 Å². The molecule has 0 unspecified atom stereocenters. The van der Waals surface area contributed by atoms with Gasteiger partial charge in [-0.3, -0.25) is 14.5 Å². The van der Waals surface area contributed by atoms with E-state index >= 15 is 0 Å². The lowest BCUT2D eigenvalue weighted by molar-refractivity contribution is -0.135. The first-order chi connectivity index (χ1) is 17.5. The Bertz CT molecular complexity index is 1110. The van der Waals surface area contributed by atoms with Crippen LogP contribution in [0.15, 0.2) is 60.7 Å². The van der Waals surface area contributed by atoms with E-state index in [-0.39, 0.29) is 35.9 Å².